The summed E-state index contributed by atoms with van der Waals surface area (Å²) in [4.78, 5) is 10.2. The number of hydrogen-bond donors (Lipinski definition) is 2. The third-order valence-electron chi connectivity index (χ3n) is 1.78. The summed E-state index contributed by atoms with van der Waals surface area (Å²) < 4.78 is 0. The molecule has 0 saturated heterocycles. The number of aliphatic hydroxyl groups is 1. The fourth-order valence-corrected chi connectivity index (χ4v) is 1.11. The molecule has 0 bridgehead atoms. The first kappa shape index (κ1) is 11.0. The molecule has 2 N–H and O–H groups in total. The molecule has 0 amide bonds. The first-order valence-electron chi connectivity index (χ1n) is 4.25. The van der Waals surface area contributed by atoms with Crippen molar-refractivity contribution >= 4 is 11.4 Å². The molecular weight excluding hydrogens is 196 g/mol. The summed E-state index contributed by atoms with van der Waals surface area (Å²) >= 11 is 0. The quantitative estimate of drug-likeness (QED) is 0.429. The average Bonchev–Trinajstić information content (AvgIpc) is 2.25. The smallest absolute Gasteiger partial charge is 0.293 e. The molecular formula is C10H10N2O3. The van der Waals surface area contributed by atoms with E-state index in [9.17, 15) is 10.1 Å². The second kappa shape index (κ2) is 4.98. The van der Waals surface area contributed by atoms with Gasteiger partial charge in [0, 0.05) is 18.7 Å². The van der Waals surface area contributed by atoms with Crippen molar-refractivity contribution in [2.75, 3.05) is 19.0 Å². The molecule has 0 unspecified atom stereocenters. The van der Waals surface area contributed by atoms with Crippen LogP contribution in [0.1, 0.15) is 5.56 Å². The number of aliphatic hydroxyl groups excluding tert-OH is 1. The van der Waals surface area contributed by atoms with Crippen LogP contribution in [-0.4, -0.2) is 23.7 Å². The lowest BCUT2D eigenvalue weighted by molar-refractivity contribution is -0.384. The predicted octanol–water partition coefficient (Wildman–Crippen LogP) is 0.980. The molecule has 0 aromatic heterocycles. The van der Waals surface area contributed by atoms with Crippen molar-refractivity contribution in [1.29, 1.82) is 0 Å². The molecule has 1 aromatic carbocycles. The fraction of sp³-hybridized carbons (Fsp3) is 0.200. The lowest BCUT2D eigenvalue weighted by Gasteiger charge is -2.01. The summed E-state index contributed by atoms with van der Waals surface area (Å²) in [5.41, 5.74) is 0.923. The summed E-state index contributed by atoms with van der Waals surface area (Å²) in [6.45, 7) is -0.262. The number of nitrogens with zero attached hydrogens (tertiary/aromatic N) is 1. The predicted molar refractivity (Wildman–Crippen MR) is 56.6 cm³/mol. The Balaban J connectivity index is 3.16. The van der Waals surface area contributed by atoms with E-state index in [1.54, 1.807) is 19.2 Å². The maximum atomic E-state index is 10.7. The van der Waals surface area contributed by atoms with E-state index in [-0.39, 0.29) is 12.3 Å². The van der Waals surface area contributed by atoms with Gasteiger partial charge in [-0.25, -0.2) is 0 Å². The summed E-state index contributed by atoms with van der Waals surface area (Å²) in [6, 6.07) is 4.61. The zero-order valence-electron chi connectivity index (χ0n) is 8.15. The average molecular weight is 206 g/mol. The summed E-state index contributed by atoms with van der Waals surface area (Å²) in [6.07, 6.45) is 0. The Morgan fingerprint density at radius 2 is 2.33 bits per heavy atom. The Morgan fingerprint density at radius 1 is 1.60 bits per heavy atom. The van der Waals surface area contributed by atoms with Gasteiger partial charge < -0.3 is 10.4 Å². The molecule has 0 aliphatic rings. The van der Waals surface area contributed by atoms with Crippen molar-refractivity contribution in [1.82, 2.24) is 0 Å². The van der Waals surface area contributed by atoms with Gasteiger partial charge in [0.2, 0.25) is 0 Å². The van der Waals surface area contributed by atoms with Crippen LogP contribution in [-0.2, 0) is 0 Å². The van der Waals surface area contributed by atoms with E-state index in [1.807, 2.05) is 0 Å². The largest absolute Gasteiger partial charge is 0.384 e. The van der Waals surface area contributed by atoms with Gasteiger partial charge in [-0.3, -0.25) is 10.1 Å². The van der Waals surface area contributed by atoms with Gasteiger partial charge in [0.15, 0.2) is 0 Å². The van der Waals surface area contributed by atoms with Crippen molar-refractivity contribution in [3.05, 3.63) is 33.9 Å². The molecule has 1 rings (SSSR count). The Labute approximate surface area is 86.9 Å². The van der Waals surface area contributed by atoms with Gasteiger partial charge in [-0.05, 0) is 12.1 Å². The second-order valence-electron chi connectivity index (χ2n) is 2.70. The Morgan fingerprint density at radius 3 is 2.87 bits per heavy atom. The van der Waals surface area contributed by atoms with Crippen molar-refractivity contribution in [3.8, 4) is 11.8 Å². The van der Waals surface area contributed by atoms with E-state index < -0.39 is 4.92 Å². The van der Waals surface area contributed by atoms with Crippen molar-refractivity contribution < 1.29 is 10.0 Å². The Hall–Kier alpha value is -2.06. The van der Waals surface area contributed by atoms with E-state index >= 15 is 0 Å². The van der Waals surface area contributed by atoms with Crippen LogP contribution < -0.4 is 5.32 Å². The lowest BCUT2D eigenvalue weighted by Crippen LogP contribution is -1.96. The van der Waals surface area contributed by atoms with Crippen molar-refractivity contribution in [2.45, 2.75) is 0 Å². The molecule has 0 aliphatic carbocycles. The van der Waals surface area contributed by atoms with E-state index in [0.29, 0.717) is 11.3 Å². The number of nitrogens with one attached hydrogen (secondary N) is 1. The van der Waals surface area contributed by atoms with Crippen LogP contribution in [0, 0.1) is 22.0 Å². The highest BCUT2D eigenvalue weighted by Crippen LogP contribution is 2.24. The molecule has 5 heteroatoms. The van der Waals surface area contributed by atoms with Crippen LogP contribution >= 0.6 is 0 Å². The number of hydrogen-bond acceptors (Lipinski definition) is 4. The minimum atomic E-state index is -0.476. The van der Waals surface area contributed by atoms with Gasteiger partial charge in [0.25, 0.3) is 5.69 Å². The maximum absolute atomic E-state index is 10.7. The number of anilines is 1. The zero-order valence-corrected chi connectivity index (χ0v) is 8.15. The standard InChI is InChI=1S/C10H10N2O3/c1-11-9-5-4-8(3-2-6-13)7-10(9)12(14)15/h4-5,7,11,13H,6H2,1H3. The van der Waals surface area contributed by atoms with Crippen LogP contribution in [0.25, 0.3) is 0 Å². The van der Waals surface area contributed by atoms with E-state index in [4.69, 9.17) is 5.11 Å². The Kier molecular flexibility index (Phi) is 3.66. The zero-order chi connectivity index (χ0) is 11.3. The number of benzene rings is 1. The van der Waals surface area contributed by atoms with Crippen LogP contribution in [0.3, 0.4) is 0 Å². The van der Waals surface area contributed by atoms with Gasteiger partial charge in [0.05, 0.1) is 4.92 Å². The number of nitro groups is 1. The normalized spacial score (nSPS) is 8.93. The molecule has 15 heavy (non-hydrogen) atoms. The SMILES string of the molecule is CNc1ccc(C#CCO)cc1[N+](=O)[O-]. The lowest BCUT2D eigenvalue weighted by atomic mass is 10.2. The third kappa shape index (κ3) is 2.69. The molecule has 0 radical (unpaired) electrons. The Bertz CT molecular complexity index is 432. The van der Waals surface area contributed by atoms with Gasteiger partial charge >= 0.3 is 0 Å². The molecule has 78 valence electrons. The topological polar surface area (TPSA) is 75.4 Å². The monoisotopic (exact) mass is 206 g/mol. The molecule has 0 atom stereocenters. The summed E-state index contributed by atoms with van der Waals surface area (Å²) in [7, 11) is 1.61. The van der Waals surface area contributed by atoms with Crippen LogP contribution in [0.4, 0.5) is 11.4 Å². The molecule has 5 nitrogen and oxygen atoms in total. The van der Waals surface area contributed by atoms with E-state index in [1.165, 1.54) is 6.07 Å². The molecule has 0 aliphatic heterocycles. The van der Waals surface area contributed by atoms with Crippen molar-refractivity contribution in [3.63, 3.8) is 0 Å². The van der Waals surface area contributed by atoms with Crippen LogP contribution in [0.15, 0.2) is 18.2 Å². The van der Waals surface area contributed by atoms with Crippen molar-refractivity contribution in [2.24, 2.45) is 0 Å². The summed E-state index contributed by atoms with van der Waals surface area (Å²) in [5.74, 6) is 5.04. The third-order valence-corrected chi connectivity index (χ3v) is 1.78. The molecule has 0 saturated carbocycles. The highest BCUT2D eigenvalue weighted by Gasteiger charge is 2.12. The minimum Gasteiger partial charge on any atom is -0.384 e. The van der Waals surface area contributed by atoms with Crippen LogP contribution in [0.5, 0.6) is 0 Å². The summed E-state index contributed by atoms with van der Waals surface area (Å²) in [5, 5.41) is 21.9. The number of rotatable bonds is 2. The fourth-order valence-electron chi connectivity index (χ4n) is 1.11. The highest BCUT2D eigenvalue weighted by atomic mass is 16.6. The van der Waals surface area contributed by atoms with E-state index in [0.717, 1.165) is 0 Å². The second-order valence-corrected chi connectivity index (χ2v) is 2.70. The number of nitro benzene ring substituents is 1. The first-order valence-corrected chi connectivity index (χ1v) is 4.25. The van der Waals surface area contributed by atoms with Gasteiger partial charge in [0.1, 0.15) is 12.3 Å². The first-order chi connectivity index (χ1) is 7.19. The highest BCUT2D eigenvalue weighted by molar-refractivity contribution is 5.64. The molecule has 0 heterocycles. The molecule has 0 spiro atoms. The minimum absolute atomic E-state index is 0.0257. The van der Waals surface area contributed by atoms with Crippen LogP contribution in [0.2, 0.25) is 0 Å². The van der Waals surface area contributed by atoms with Gasteiger partial charge in [-0.2, -0.15) is 0 Å². The molecule has 1 aromatic rings. The molecule has 0 fully saturated rings. The maximum Gasteiger partial charge on any atom is 0.293 e. The van der Waals surface area contributed by atoms with Gasteiger partial charge in [-0.15, -0.1) is 0 Å². The van der Waals surface area contributed by atoms with Gasteiger partial charge in [-0.1, -0.05) is 11.8 Å². The van der Waals surface area contributed by atoms with E-state index in [2.05, 4.69) is 17.2 Å².